The molecule has 0 heterocycles. The van der Waals surface area contributed by atoms with E-state index in [1.165, 1.54) is 4.90 Å². The van der Waals surface area contributed by atoms with Crippen molar-refractivity contribution in [2.45, 2.75) is 25.8 Å². The standard InChI is InChI=1S/C17H19NO4/c1-3-17(15(19)20,16(21)22)18(4-2)14-10-9-12-7-5-6-8-13(12)11-14/h5-11H,3-4H2,1-2H3,(H,19,20)(H,21,22). The van der Waals surface area contributed by atoms with Crippen LogP contribution in [0.3, 0.4) is 0 Å². The molecule has 2 rings (SSSR count). The van der Waals surface area contributed by atoms with Crippen molar-refractivity contribution in [2.24, 2.45) is 0 Å². The zero-order valence-corrected chi connectivity index (χ0v) is 12.6. The Labute approximate surface area is 128 Å². The predicted octanol–water partition coefficient (Wildman–Crippen LogP) is 2.98. The van der Waals surface area contributed by atoms with E-state index in [0.29, 0.717) is 5.69 Å². The molecule has 0 saturated heterocycles. The fraction of sp³-hybridized carbons (Fsp3) is 0.294. The van der Waals surface area contributed by atoms with Gasteiger partial charge in [-0.2, -0.15) is 0 Å². The van der Waals surface area contributed by atoms with E-state index in [4.69, 9.17) is 0 Å². The lowest BCUT2D eigenvalue weighted by Gasteiger charge is -2.37. The highest BCUT2D eigenvalue weighted by Crippen LogP contribution is 2.30. The molecule has 0 bridgehead atoms. The molecule has 5 heteroatoms. The SMILES string of the molecule is CCN(c1ccc2ccccc2c1)C(CC)(C(=O)O)C(=O)O. The van der Waals surface area contributed by atoms with Crippen LogP contribution in [0.2, 0.25) is 0 Å². The van der Waals surface area contributed by atoms with Crippen LogP contribution in [0.25, 0.3) is 10.8 Å². The van der Waals surface area contributed by atoms with Gasteiger partial charge in [-0.05, 0) is 36.2 Å². The minimum absolute atomic E-state index is 0.0294. The molecule has 2 N–H and O–H groups in total. The third kappa shape index (κ3) is 2.39. The van der Waals surface area contributed by atoms with Crippen molar-refractivity contribution in [3.05, 3.63) is 42.5 Å². The third-order valence-electron chi connectivity index (χ3n) is 4.04. The average molecular weight is 301 g/mol. The zero-order valence-electron chi connectivity index (χ0n) is 12.6. The van der Waals surface area contributed by atoms with Gasteiger partial charge in [0.1, 0.15) is 0 Å². The summed E-state index contributed by atoms with van der Waals surface area (Å²) < 4.78 is 0. The number of fused-ring (bicyclic) bond motifs is 1. The van der Waals surface area contributed by atoms with Crippen LogP contribution in [0.4, 0.5) is 5.69 Å². The van der Waals surface area contributed by atoms with Gasteiger partial charge in [0, 0.05) is 12.2 Å². The summed E-state index contributed by atoms with van der Waals surface area (Å²) in [5, 5.41) is 21.1. The fourth-order valence-electron chi connectivity index (χ4n) is 2.83. The summed E-state index contributed by atoms with van der Waals surface area (Å²) in [7, 11) is 0. The Morgan fingerprint density at radius 3 is 2.09 bits per heavy atom. The summed E-state index contributed by atoms with van der Waals surface area (Å²) in [6, 6.07) is 13.2. The molecule has 0 fully saturated rings. The number of carboxylic acid groups (broad SMARTS) is 2. The van der Waals surface area contributed by atoms with E-state index in [9.17, 15) is 19.8 Å². The van der Waals surface area contributed by atoms with Crippen LogP contribution < -0.4 is 4.90 Å². The number of carbonyl (C=O) groups is 2. The van der Waals surface area contributed by atoms with Crippen molar-refractivity contribution in [1.82, 2.24) is 0 Å². The molecule has 0 radical (unpaired) electrons. The number of nitrogens with zero attached hydrogens (tertiary/aromatic N) is 1. The topological polar surface area (TPSA) is 77.8 Å². The summed E-state index contributed by atoms with van der Waals surface area (Å²) in [4.78, 5) is 24.9. The van der Waals surface area contributed by atoms with Gasteiger partial charge in [0.05, 0.1) is 0 Å². The van der Waals surface area contributed by atoms with Crippen molar-refractivity contribution in [1.29, 1.82) is 0 Å². The number of rotatable bonds is 6. The first kappa shape index (κ1) is 15.8. The summed E-state index contributed by atoms with van der Waals surface area (Å²) in [6.45, 7) is 3.61. The second kappa shape index (κ2) is 6.05. The smallest absolute Gasteiger partial charge is 0.341 e. The van der Waals surface area contributed by atoms with E-state index in [1.54, 1.807) is 19.9 Å². The first-order chi connectivity index (χ1) is 10.5. The minimum atomic E-state index is -1.96. The lowest BCUT2D eigenvalue weighted by molar-refractivity contribution is -0.157. The number of benzene rings is 2. The summed E-state index contributed by atoms with van der Waals surface area (Å²) in [5.74, 6) is -2.70. The van der Waals surface area contributed by atoms with E-state index in [0.717, 1.165) is 10.8 Å². The molecule has 0 aromatic heterocycles. The fourth-order valence-corrected chi connectivity index (χ4v) is 2.83. The molecule has 0 atom stereocenters. The van der Waals surface area contributed by atoms with Crippen LogP contribution >= 0.6 is 0 Å². The van der Waals surface area contributed by atoms with E-state index < -0.39 is 17.5 Å². The van der Waals surface area contributed by atoms with Gasteiger partial charge in [-0.15, -0.1) is 0 Å². The van der Waals surface area contributed by atoms with Crippen LogP contribution in [0.15, 0.2) is 42.5 Å². The number of likely N-dealkylation sites (N-methyl/N-ethyl adjacent to an activating group) is 1. The lowest BCUT2D eigenvalue weighted by atomic mass is 9.92. The Balaban J connectivity index is 2.61. The highest BCUT2D eigenvalue weighted by atomic mass is 16.4. The van der Waals surface area contributed by atoms with Crippen LogP contribution in [-0.2, 0) is 9.59 Å². The summed E-state index contributed by atoms with van der Waals surface area (Å²) in [5.41, 5.74) is -1.37. The third-order valence-corrected chi connectivity index (χ3v) is 4.04. The molecule has 0 spiro atoms. The van der Waals surface area contributed by atoms with Gasteiger partial charge >= 0.3 is 11.9 Å². The Morgan fingerprint density at radius 1 is 1.00 bits per heavy atom. The molecule has 0 amide bonds. The molecule has 2 aromatic rings. The number of hydrogen-bond acceptors (Lipinski definition) is 3. The van der Waals surface area contributed by atoms with Crippen LogP contribution in [0.5, 0.6) is 0 Å². The number of carboxylic acids is 2. The second-order valence-corrected chi connectivity index (χ2v) is 5.10. The van der Waals surface area contributed by atoms with Crippen molar-refractivity contribution in [3.63, 3.8) is 0 Å². The van der Waals surface area contributed by atoms with Crippen LogP contribution in [-0.4, -0.2) is 34.2 Å². The normalized spacial score (nSPS) is 11.4. The van der Waals surface area contributed by atoms with E-state index in [2.05, 4.69) is 0 Å². The second-order valence-electron chi connectivity index (χ2n) is 5.10. The molecule has 0 aliphatic heterocycles. The van der Waals surface area contributed by atoms with Gasteiger partial charge in [-0.3, -0.25) is 0 Å². The minimum Gasteiger partial charge on any atom is -0.479 e. The van der Waals surface area contributed by atoms with Crippen molar-refractivity contribution < 1.29 is 19.8 Å². The Morgan fingerprint density at radius 2 is 1.59 bits per heavy atom. The maximum Gasteiger partial charge on any atom is 0.341 e. The van der Waals surface area contributed by atoms with Crippen LogP contribution in [0.1, 0.15) is 20.3 Å². The first-order valence-electron chi connectivity index (χ1n) is 7.20. The first-order valence-corrected chi connectivity index (χ1v) is 7.20. The monoisotopic (exact) mass is 301 g/mol. The molecule has 0 unspecified atom stereocenters. The Hall–Kier alpha value is -2.56. The van der Waals surface area contributed by atoms with Crippen LogP contribution in [0, 0.1) is 0 Å². The maximum absolute atomic E-state index is 11.7. The predicted molar refractivity (Wildman–Crippen MR) is 85.3 cm³/mol. The maximum atomic E-state index is 11.7. The molecular formula is C17H19NO4. The van der Waals surface area contributed by atoms with Crippen molar-refractivity contribution in [3.8, 4) is 0 Å². The molecule has 0 aliphatic rings. The quantitative estimate of drug-likeness (QED) is 0.802. The van der Waals surface area contributed by atoms with Gasteiger partial charge in [-0.25, -0.2) is 9.59 Å². The Bertz CT molecular complexity index is 697. The highest BCUT2D eigenvalue weighted by Gasteiger charge is 2.50. The van der Waals surface area contributed by atoms with E-state index in [-0.39, 0.29) is 13.0 Å². The highest BCUT2D eigenvalue weighted by molar-refractivity contribution is 6.07. The van der Waals surface area contributed by atoms with E-state index in [1.807, 2.05) is 36.4 Å². The Kier molecular flexibility index (Phi) is 4.35. The average Bonchev–Trinajstić information content (AvgIpc) is 2.51. The van der Waals surface area contributed by atoms with Crippen molar-refractivity contribution in [2.75, 3.05) is 11.4 Å². The summed E-state index contributed by atoms with van der Waals surface area (Å²) in [6.07, 6.45) is -0.0294. The lowest BCUT2D eigenvalue weighted by Crippen LogP contribution is -2.60. The molecular weight excluding hydrogens is 282 g/mol. The number of aliphatic carboxylic acids is 2. The van der Waals surface area contributed by atoms with Gasteiger partial charge < -0.3 is 15.1 Å². The van der Waals surface area contributed by atoms with Crippen molar-refractivity contribution >= 4 is 28.4 Å². The number of hydrogen-bond donors (Lipinski definition) is 2. The van der Waals surface area contributed by atoms with E-state index >= 15 is 0 Å². The molecule has 22 heavy (non-hydrogen) atoms. The van der Waals surface area contributed by atoms with Gasteiger partial charge in [0.15, 0.2) is 0 Å². The largest absolute Gasteiger partial charge is 0.479 e. The molecule has 0 saturated carbocycles. The number of anilines is 1. The van der Waals surface area contributed by atoms with Gasteiger partial charge in [0.2, 0.25) is 5.54 Å². The molecule has 0 aliphatic carbocycles. The molecule has 2 aromatic carbocycles. The summed E-state index contributed by atoms with van der Waals surface area (Å²) >= 11 is 0. The molecule has 5 nitrogen and oxygen atoms in total. The van der Waals surface area contributed by atoms with Gasteiger partial charge in [0.25, 0.3) is 0 Å². The zero-order chi connectivity index (χ0) is 16.3. The molecule has 116 valence electrons. The van der Waals surface area contributed by atoms with Gasteiger partial charge in [-0.1, -0.05) is 37.3 Å².